The van der Waals surface area contributed by atoms with Crippen LogP contribution >= 0.6 is 0 Å². The Kier molecular flexibility index (Phi) is 7.85. The second-order valence-electron chi connectivity index (χ2n) is 6.27. The third-order valence-electron chi connectivity index (χ3n) is 4.00. The molecule has 0 heterocycles. The van der Waals surface area contributed by atoms with Crippen LogP contribution in [0.25, 0.3) is 0 Å². The lowest BCUT2D eigenvalue weighted by Gasteiger charge is -2.19. The first-order chi connectivity index (χ1) is 14.1. The van der Waals surface area contributed by atoms with E-state index in [2.05, 4.69) is 10.1 Å². The molecule has 1 amide bonds. The van der Waals surface area contributed by atoms with Gasteiger partial charge in [-0.25, -0.2) is 0 Å². The maximum absolute atomic E-state index is 12.8. The van der Waals surface area contributed by atoms with Crippen molar-refractivity contribution < 1.29 is 36.2 Å². The lowest BCUT2D eigenvalue weighted by atomic mass is 10.2. The minimum atomic E-state index is -4.48. The van der Waals surface area contributed by atoms with Crippen LogP contribution in [0.5, 0.6) is 11.5 Å². The number of halogens is 5. The minimum Gasteiger partial charge on any atom is -0.490 e. The van der Waals surface area contributed by atoms with Gasteiger partial charge in [0.05, 0.1) is 18.7 Å². The summed E-state index contributed by atoms with van der Waals surface area (Å²) in [5.41, 5.74) is -0.0449. The summed E-state index contributed by atoms with van der Waals surface area (Å²) in [5, 5.41) is 2.67. The zero-order valence-corrected chi connectivity index (χ0v) is 16.3. The Balaban J connectivity index is 1.99. The number of carbonyl (C=O) groups is 1. The van der Waals surface area contributed by atoms with Crippen molar-refractivity contribution in [1.29, 1.82) is 0 Å². The van der Waals surface area contributed by atoms with Gasteiger partial charge in [0.2, 0.25) is 5.91 Å². The molecular weight excluding hydrogens is 411 g/mol. The zero-order chi connectivity index (χ0) is 22.3. The zero-order valence-electron chi connectivity index (χ0n) is 16.3. The molecular formula is C20H21F5N2O3. The number of nitrogens with one attached hydrogen (secondary N) is 1. The lowest BCUT2D eigenvalue weighted by molar-refractivity contribution is -0.137. The Morgan fingerprint density at radius 3 is 2.50 bits per heavy atom. The molecule has 0 aliphatic heterocycles. The maximum Gasteiger partial charge on any atom is 0.416 e. The average Bonchev–Trinajstić information content (AvgIpc) is 2.67. The molecule has 0 spiro atoms. The van der Waals surface area contributed by atoms with Crippen LogP contribution in [0.3, 0.4) is 0 Å². The summed E-state index contributed by atoms with van der Waals surface area (Å²) < 4.78 is 72.9. The molecule has 0 aliphatic carbocycles. The number of anilines is 1. The van der Waals surface area contributed by atoms with E-state index in [-0.39, 0.29) is 42.8 Å². The topological polar surface area (TPSA) is 50.8 Å². The van der Waals surface area contributed by atoms with Crippen LogP contribution < -0.4 is 14.8 Å². The van der Waals surface area contributed by atoms with Crippen LogP contribution in [0, 0.1) is 0 Å². The van der Waals surface area contributed by atoms with E-state index < -0.39 is 18.4 Å². The van der Waals surface area contributed by atoms with Crippen molar-refractivity contribution in [3.8, 4) is 11.5 Å². The highest BCUT2D eigenvalue weighted by Crippen LogP contribution is 2.31. The number of carbonyl (C=O) groups excluding carboxylic acids is 1. The van der Waals surface area contributed by atoms with Gasteiger partial charge in [0, 0.05) is 19.3 Å². The van der Waals surface area contributed by atoms with Gasteiger partial charge in [-0.15, -0.1) is 0 Å². The fourth-order valence-electron chi connectivity index (χ4n) is 2.59. The van der Waals surface area contributed by atoms with Crippen LogP contribution in [0.15, 0.2) is 42.5 Å². The van der Waals surface area contributed by atoms with Crippen LogP contribution in [-0.4, -0.2) is 37.6 Å². The van der Waals surface area contributed by atoms with Crippen LogP contribution in [-0.2, 0) is 17.5 Å². The number of nitrogens with zero attached hydrogens (tertiary/aromatic N) is 1. The Morgan fingerprint density at radius 1 is 1.13 bits per heavy atom. The number of hydrogen-bond donors (Lipinski definition) is 1. The molecule has 0 fully saturated rings. The van der Waals surface area contributed by atoms with E-state index in [1.54, 1.807) is 6.92 Å². The molecule has 2 rings (SSSR count). The summed E-state index contributed by atoms with van der Waals surface area (Å²) in [5.74, 6) is -0.368. The van der Waals surface area contributed by atoms with Gasteiger partial charge in [0.1, 0.15) is 0 Å². The number of rotatable bonds is 9. The smallest absolute Gasteiger partial charge is 0.416 e. The maximum atomic E-state index is 12.8. The normalized spacial score (nSPS) is 11.3. The van der Waals surface area contributed by atoms with Gasteiger partial charge < -0.3 is 19.7 Å². The Bertz CT molecular complexity index is 859. The quantitative estimate of drug-likeness (QED) is 0.580. The van der Waals surface area contributed by atoms with Gasteiger partial charge in [-0.3, -0.25) is 4.79 Å². The molecule has 0 aromatic heterocycles. The van der Waals surface area contributed by atoms with Gasteiger partial charge in [-0.1, -0.05) is 12.1 Å². The van der Waals surface area contributed by atoms with Crippen LogP contribution in [0.2, 0.25) is 0 Å². The number of hydrogen-bond acceptors (Lipinski definition) is 4. The number of benzene rings is 2. The Labute approximate surface area is 170 Å². The predicted molar refractivity (Wildman–Crippen MR) is 101 cm³/mol. The average molecular weight is 432 g/mol. The monoisotopic (exact) mass is 432 g/mol. The number of amides is 1. The molecule has 5 nitrogen and oxygen atoms in total. The van der Waals surface area contributed by atoms with Crippen molar-refractivity contribution in [2.45, 2.75) is 26.3 Å². The molecule has 0 radical (unpaired) electrons. The van der Waals surface area contributed by atoms with Gasteiger partial charge in [-0.05, 0) is 42.8 Å². The van der Waals surface area contributed by atoms with Crippen LogP contribution in [0.1, 0.15) is 18.1 Å². The summed E-state index contributed by atoms with van der Waals surface area (Å²) in [6.45, 7) is -1.16. The Hall–Kier alpha value is -3.04. The summed E-state index contributed by atoms with van der Waals surface area (Å²) in [6, 6.07) is 8.87. The van der Waals surface area contributed by atoms with E-state index in [1.807, 2.05) is 0 Å². The van der Waals surface area contributed by atoms with E-state index in [9.17, 15) is 26.7 Å². The van der Waals surface area contributed by atoms with Crippen molar-refractivity contribution in [2.75, 3.05) is 25.5 Å². The number of likely N-dealkylation sites (N-methyl/N-ethyl adjacent to an activating group) is 1. The highest BCUT2D eigenvalue weighted by molar-refractivity contribution is 5.80. The van der Waals surface area contributed by atoms with Gasteiger partial charge in [0.15, 0.2) is 11.5 Å². The van der Waals surface area contributed by atoms with E-state index in [0.29, 0.717) is 5.56 Å². The van der Waals surface area contributed by atoms with Crippen LogP contribution in [0.4, 0.5) is 27.6 Å². The molecule has 30 heavy (non-hydrogen) atoms. The molecule has 2 aromatic rings. The summed E-state index contributed by atoms with van der Waals surface area (Å²) in [6.07, 6.45) is -4.48. The third-order valence-corrected chi connectivity index (χ3v) is 4.00. The van der Waals surface area contributed by atoms with Crippen molar-refractivity contribution in [3.05, 3.63) is 53.6 Å². The van der Waals surface area contributed by atoms with Gasteiger partial charge in [-0.2, -0.15) is 22.0 Å². The van der Waals surface area contributed by atoms with Gasteiger partial charge in [0.25, 0.3) is 0 Å². The van der Waals surface area contributed by atoms with E-state index >= 15 is 0 Å². The predicted octanol–water partition coefficient (Wildman–Crippen LogP) is 4.78. The molecule has 0 saturated carbocycles. The second-order valence-corrected chi connectivity index (χ2v) is 6.27. The first kappa shape index (κ1) is 23.2. The summed E-state index contributed by atoms with van der Waals surface area (Å²) >= 11 is 0. The summed E-state index contributed by atoms with van der Waals surface area (Å²) in [7, 11) is 1.51. The van der Waals surface area contributed by atoms with E-state index in [0.717, 1.165) is 12.1 Å². The van der Waals surface area contributed by atoms with Crippen molar-refractivity contribution in [3.63, 3.8) is 0 Å². The van der Waals surface area contributed by atoms with Crippen molar-refractivity contribution in [1.82, 2.24) is 4.90 Å². The van der Waals surface area contributed by atoms with E-state index in [4.69, 9.17) is 4.74 Å². The molecule has 1 N–H and O–H groups in total. The van der Waals surface area contributed by atoms with E-state index in [1.165, 1.54) is 42.3 Å². The lowest BCUT2D eigenvalue weighted by Crippen LogP contribution is -2.31. The first-order valence-electron chi connectivity index (χ1n) is 8.95. The molecule has 164 valence electrons. The molecule has 10 heteroatoms. The fraction of sp³-hybridized carbons (Fsp3) is 0.350. The molecule has 0 unspecified atom stereocenters. The SMILES string of the molecule is CCOc1cc(CN(C)C(=O)CNc2cccc(C(F)(F)F)c2)ccc1OC(F)F. The molecule has 0 bridgehead atoms. The molecule has 2 aromatic carbocycles. The third kappa shape index (κ3) is 6.78. The van der Waals surface area contributed by atoms with Gasteiger partial charge >= 0.3 is 12.8 Å². The minimum absolute atomic E-state index is 0.115. The number of alkyl halides is 5. The number of ether oxygens (including phenoxy) is 2. The highest BCUT2D eigenvalue weighted by Gasteiger charge is 2.30. The Morgan fingerprint density at radius 2 is 1.87 bits per heavy atom. The van der Waals surface area contributed by atoms with Crippen molar-refractivity contribution in [2.24, 2.45) is 0 Å². The summed E-state index contributed by atoms with van der Waals surface area (Å²) in [4.78, 5) is 13.7. The molecule has 0 saturated heterocycles. The highest BCUT2D eigenvalue weighted by atomic mass is 19.4. The first-order valence-corrected chi connectivity index (χ1v) is 8.95. The fourth-order valence-corrected chi connectivity index (χ4v) is 2.59. The standard InChI is InChI=1S/C20H21F5N2O3/c1-3-29-17-9-13(7-8-16(17)30-19(21)22)12-27(2)18(28)11-26-15-6-4-5-14(10-15)20(23,24)25/h4-10,19,26H,3,11-12H2,1-2H3. The van der Waals surface area contributed by atoms with Crippen molar-refractivity contribution >= 4 is 11.6 Å². The second kappa shape index (κ2) is 10.1. The largest absolute Gasteiger partial charge is 0.490 e. The molecule has 0 atom stereocenters. The molecule has 0 aliphatic rings.